The number of nitrogens with zero attached hydrogens (tertiary/aromatic N) is 1. The molecule has 0 aliphatic carbocycles. The van der Waals surface area contributed by atoms with Gasteiger partial charge in [-0.05, 0) is 35.7 Å². The van der Waals surface area contributed by atoms with Gasteiger partial charge >= 0.3 is 6.03 Å². The van der Waals surface area contributed by atoms with Crippen LogP contribution in [-0.4, -0.2) is 37.9 Å². The van der Waals surface area contributed by atoms with Crippen molar-refractivity contribution in [3.8, 4) is 0 Å². The molecule has 25 heavy (non-hydrogen) atoms. The molecule has 1 atom stereocenters. The predicted octanol–water partition coefficient (Wildman–Crippen LogP) is 2.46. The van der Waals surface area contributed by atoms with Gasteiger partial charge in [-0.3, -0.25) is 0 Å². The molecule has 0 bridgehead atoms. The van der Waals surface area contributed by atoms with E-state index in [4.69, 9.17) is 0 Å². The topological polar surface area (TPSA) is 64.6 Å². The van der Waals surface area contributed by atoms with Crippen molar-refractivity contribution in [2.24, 2.45) is 0 Å². The Labute approximate surface area is 149 Å². The van der Waals surface area contributed by atoms with Crippen molar-refractivity contribution in [2.45, 2.75) is 26.0 Å². The molecule has 0 radical (unpaired) electrons. The zero-order chi connectivity index (χ0) is 18.2. The minimum absolute atomic E-state index is 0.222. The molecule has 2 amide bonds. The molecular weight excluding hydrogens is 314 g/mol. The molecule has 0 aliphatic heterocycles. The largest absolute Gasteiger partial charge is 0.391 e. The smallest absolute Gasteiger partial charge is 0.315 e. The van der Waals surface area contributed by atoms with Gasteiger partial charge in [0, 0.05) is 39.3 Å². The third kappa shape index (κ3) is 6.12. The summed E-state index contributed by atoms with van der Waals surface area (Å²) in [5.41, 5.74) is 4.39. The minimum atomic E-state index is -0.603. The maximum Gasteiger partial charge on any atom is 0.315 e. The molecule has 5 nitrogen and oxygen atoms in total. The summed E-state index contributed by atoms with van der Waals surface area (Å²) < 4.78 is 0. The van der Waals surface area contributed by atoms with Gasteiger partial charge in [-0.2, -0.15) is 0 Å². The number of anilines is 1. The second kappa shape index (κ2) is 9.08. The van der Waals surface area contributed by atoms with Crippen LogP contribution < -0.4 is 15.5 Å². The van der Waals surface area contributed by atoms with Gasteiger partial charge in [0.2, 0.25) is 0 Å². The van der Waals surface area contributed by atoms with Crippen molar-refractivity contribution in [1.82, 2.24) is 10.6 Å². The molecule has 0 saturated carbocycles. The van der Waals surface area contributed by atoms with Crippen molar-refractivity contribution < 1.29 is 9.90 Å². The maximum absolute atomic E-state index is 11.9. The maximum atomic E-state index is 11.9. The first-order chi connectivity index (χ1) is 12.0. The minimum Gasteiger partial charge on any atom is -0.391 e. The van der Waals surface area contributed by atoms with Crippen molar-refractivity contribution >= 4 is 11.7 Å². The van der Waals surface area contributed by atoms with Gasteiger partial charge in [0.1, 0.15) is 0 Å². The van der Waals surface area contributed by atoms with Gasteiger partial charge in [-0.25, -0.2) is 4.79 Å². The van der Waals surface area contributed by atoms with Crippen LogP contribution in [0.3, 0.4) is 0 Å². The molecule has 0 heterocycles. The third-order valence-corrected chi connectivity index (χ3v) is 4.09. The Morgan fingerprint density at radius 2 is 1.84 bits per heavy atom. The summed E-state index contributed by atoms with van der Waals surface area (Å²) in [6.45, 7) is 2.71. The zero-order valence-corrected chi connectivity index (χ0v) is 15.1. The molecule has 1 unspecified atom stereocenters. The van der Waals surface area contributed by atoms with Crippen LogP contribution in [0.2, 0.25) is 0 Å². The number of benzene rings is 2. The van der Waals surface area contributed by atoms with E-state index in [2.05, 4.69) is 16.7 Å². The Kier molecular flexibility index (Phi) is 6.83. The third-order valence-electron chi connectivity index (χ3n) is 4.09. The number of aliphatic hydroxyl groups excluding tert-OH is 1. The normalized spacial score (nSPS) is 11.7. The van der Waals surface area contributed by atoms with E-state index in [1.165, 1.54) is 0 Å². The molecule has 0 aliphatic rings. The average molecular weight is 341 g/mol. The van der Waals surface area contributed by atoms with E-state index in [0.29, 0.717) is 13.0 Å². The number of hydrogen-bond donors (Lipinski definition) is 3. The van der Waals surface area contributed by atoms with Crippen LogP contribution in [0.4, 0.5) is 10.5 Å². The second-order valence-electron chi connectivity index (χ2n) is 6.41. The number of nitrogens with one attached hydrogen (secondary N) is 2. The number of rotatable bonds is 7. The van der Waals surface area contributed by atoms with Gasteiger partial charge in [0.25, 0.3) is 0 Å². The lowest BCUT2D eigenvalue weighted by molar-refractivity contribution is 0.170. The lowest BCUT2D eigenvalue weighted by atomic mass is 10.1. The van der Waals surface area contributed by atoms with Crippen LogP contribution in [0.25, 0.3) is 0 Å². The lowest BCUT2D eigenvalue weighted by Crippen LogP contribution is -2.40. The first-order valence-electron chi connectivity index (χ1n) is 8.46. The fraction of sp³-hybridized carbons (Fsp3) is 0.350. The van der Waals surface area contributed by atoms with Crippen LogP contribution in [0.1, 0.15) is 16.7 Å². The predicted molar refractivity (Wildman–Crippen MR) is 102 cm³/mol. The number of amides is 2. The van der Waals surface area contributed by atoms with Crippen molar-refractivity contribution in [1.29, 1.82) is 0 Å². The van der Waals surface area contributed by atoms with Crippen molar-refractivity contribution in [3.05, 3.63) is 65.2 Å². The summed E-state index contributed by atoms with van der Waals surface area (Å²) in [6, 6.07) is 15.6. The molecule has 0 aromatic heterocycles. The molecule has 0 spiro atoms. The van der Waals surface area contributed by atoms with Gasteiger partial charge in [0.15, 0.2) is 0 Å². The molecule has 134 valence electrons. The van der Waals surface area contributed by atoms with Crippen LogP contribution in [-0.2, 0) is 13.0 Å². The molecule has 2 aromatic rings. The fourth-order valence-corrected chi connectivity index (χ4v) is 2.56. The highest BCUT2D eigenvalue weighted by atomic mass is 16.3. The van der Waals surface area contributed by atoms with Gasteiger partial charge in [-0.1, -0.05) is 36.4 Å². The van der Waals surface area contributed by atoms with Gasteiger partial charge in [0.05, 0.1) is 6.10 Å². The Morgan fingerprint density at radius 3 is 2.48 bits per heavy atom. The van der Waals surface area contributed by atoms with E-state index in [9.17, 15) is 9.90 Å². The zero-order valence-electron chi connectivity index (χ0n) is 15.1. The van der Waals surface area contributed by atoms with E-state index >= 15 is 0 Å². The summed E-state index contributed by atoms with van der Waals surface area (Å²) in [4.78, 5) is 14.0. The van der Waals surface area contributed by atoms with Gasteiger partial charge < -0.3 is 20.6 Å². The Hall–Kier alpha value is -2.53. The van der Waals surface area contributed by atoms with E-state index in [1.807, 2.05) is 68.4 Å². The van der Waals surface area contributed by atoms with E-state index in [-0.39, 0.29) is 12.6 Å². The monoisotopic (exact) mass is 341 g/mol. The summed E-state index contributed by atoms with van der Waals surface area (Å²) >= 11 is 0. The highest BCUT2D eigenvalue weighted by molar-refractivity contribution is 5.73. The van der Waals surface area contributed by atoms with E-state index < -0.39 is 6.10 Å². The highest BCUT2D eigenvalue weighted by Crippen LogP contribution is 2.17. The fourth-order valence-electron chi connectivity index (χ4n) is 2.56. The molecule has 0 fully saturated rings. The van der Waals surface area contributed by atoms with Crippen molar-refractivity contribution in [3.63, 3.8) is 0 Å². The number of carbonyl (C=O) groups is 1. The number of aryl methyl sites for hydroxylation is 1. The molecular formula is C20H27N3O2. The SMILES string of the molecule is Cc1cc(N(C)C)ccc1CNC(=O)NCC(O)Cc1ccccc1. The molecule has 3 N–H and O–H groups in total. The highest BCUT2D eigenvalue weighted by Gasteiger charge is 2.08. The quantitative estimate of drug-likeness (QED) is 0.725. The van der Waals surface area contributed by atoms with Gasteiger partial charge in [-0.15, -0.1) is 0 Å². The first kappa shape index (κ1) is 18.8. The van der Waals surface area contributed by atoms with Crippen LogP contribution in [0.15, 0.2) is 48.5 Å². The molecule has 5 heteroatoms. The standard InChI is InChI=1S/C20H27N3O2/c1-15-11-18(23(2)3)10-9-17(15)13-21-20(25)22-14-19(24)12-16-7-5-4-6-8-16/h4-11,19,24H,12-14H2,1-3H3,(H2,21,22,25). The average Bonchev–Trinajstić information content (AvgIpc) is 2.59. The van der Waals surface area contributed by atoms with E-state index in [1.54, 1.807) is 0 Å². The summed E-state index contributed by atoms with van der Waals surface area (Å²) in [5, 5.41) is 15.6. The molecule has 2 rings (SSSR count). The van der Waals surface area contributed by atoms with Crippen LogP contribution in [0, 0.1) is 6.92 Å². The summed E-state index contributed by atoms with van der Waals surface area (Å²) in [5.74, 6) is 0. The second-order valence-corrected chi connectivity index (χ2v) is 6.41. The Morgan fingerprint density at radius 1 is 1.12 bits per heavy atom. The van der Waals surface area contributed by atoms with E-state index in [0.717, 1.165) is 22.4 Å². The molecule has 0 saturated heterocycles. The summed E-state index contributed by atoms with van der Waals surface area (Å²) in [7, 11) is 4.00. The number of carbonyl (C=O) groups excluding carboxylic acids is 1. The summed E-state index contributed by atoms with van der Waals surface area (Å²) in [6.07, 6.45) is -0.0825. The van der Waals surface area contributed by atoms with Crippen molar-refractivity contribution in [2.75, 3.05) is 25.5 Å². The first-order valence-corrected chi connectivity index (χ1v) is 8.46. The Balaban J connectivity index is 1.75. The number of urea groups is 1. The number of aliphatic hydroxyl groups is 1. The van der Waals surface area contributed by atoms with Crippen LogP contribution >= 0.6 is 0 Å². The Bertz CT molecular complexity index is 687. The lowest BCUT2D eigenvalue weighted by Gasteiger charge is -2.16. The number of hydrogen-bond acceptors (Lipinski definition) is 3. The van der Waals surface area contributed by atoms with Crippen LogP contribution in [0.5, 0.6) is 0 Å². The molecule has 2 aromatic carbocycles.